The van der Waals surface area contributed by atoms with E-state index in [9.17, 15) is 18.5 Å². The highest BCUT2D eigenvalue weighted by Crippen LogP contribution is 2.35. The van der Waals surface area contributed by atoms with Crippen molar-refractivity contribution >= 4 is 28.1 Å². The normalized spacial score (nSPS) is 21.6. The van der Waals surface area contributed by atoms with Gasteiger partial charge in [0.25, 0.3) is 5.69 Å². The predicted molar refractivity (Wildman–Crippen MR) is 83.7 cm³/mol. The van der Waals surface area contributed by atoms with Gasteiger partial charge in [0.15, 0.2) is 0 Å². The van der Waals surface area contributed by atoms with Crippen molar-refractivity contribution in [2.75, 3.05) is 13.1 Å². The Morgan fingerprint density at radius 3 is 2.50 bits per heavy atom. The third-order valence-electron chi connectivity index (χ3n) is 3.90. The lowest BCUT2D eigenvalue weighted by Crippen LogP contribution is -2.43. The molecule has 0 bridgehead atoms. The van der Waals surface area contributed by atoms with Crippen molar-refractivity contribution in [3.8, 4) is 0 Å². The number of halogens is 1. The zero-order valence-electron chi connectivity index (χ0n) is 11.8. The minimum absolute atomic E-state index is 0. The molecule has 1 unspecified atom stereocenters. The second-order valence-electron chi connectivity index (χ2n) is 5.47. The van der Waals surface area contributed by atoms with Gasteiger partial charge in [-0.1, -0.05) is 6.07 Å². The molecule has 2 aliphatic rings. The molecule has 1 aromatic carbocycles. The van der Waals surface area contributed by atoms with Crippen LogP contribution in [0.15, 0.2) is 29.2 Å². The summed E-state index contributed by atoms with van der Waals surface area (Å²) in [6, 6.07) is 5.29. The van der Waals surface area contributed by atoms with E-state index in [4.69, 9.17) is 0 Å². The summed E-state index contributed by atoms with van der Waals surface area (Å²) in [6.45, 7) is 1.45. The number of sulfonamides is 1. The summed E-state index contributed by atoms with van der Waals surface area (Å²) in [6.07, 6.45) is 2.51. The smallest absolute Gasteiger partial charge is 0.270 e. The van der Waals surface area contributed by atoms with Gasteiger partial charge in [-0.25, -0.2) is 8.42 Å². The minimum Gasteiger partial charge on any atom is -0.315 e. The van der Waals surface area contributed by atoms with Crippen LogP contribution in [0.4, 0.5) is 5.69 Å². The second kappa shape index (κ2) is 6.49. The van der Waals surface area contributed by atoms with E-state index < -0.39 is 14.9 Å². The maximum absolute atomic E-state index is 12.9. The Morgan fingerprint density at radius 1 is 1.23 bits per heavy atom. The quantitative estimate of drug-likeness (QED) is 0.644. The Bertz CT molecular complexity index is 657. The molecule has 9 heteroatoms. The van der Waals surface area contributed by atoms with Crippen LogP contribution in [0.5, 0.6) is 0 Å². The summed E-state index contributed by atoms with van der Waals surface area (Å²) >= 11 is 0. The molecule has 1 N–H and O–H groups in total. The Labute approximate surface area is 135 Å². The number of hydrogen-bond acceptors (Lipinski definition) is 5. The summed E-state index contributed by atoms with van der Waals surface area (Å²) in [5.74, 6) is 0. The lowest BCUT2D eigenvalue weighted by Gasteiger charge is -2.27. The Hall–Kier alpha value is -1.22. The van der Waals surface area contributed by atoms with E-state index in [1.54, 1.807) is 4.31 Å². The molecule has 22 heavy (non-hydrogen) atoms. The molecule has 0 radical (unpaired) electrons. The van der Waals surface area contributed by atoms with Crippen LogP contribution in [0.1, 0.15) is 19.3 Å². The first-order valence-corrected chi connectivity index (χ1v) is 8.43. The van der Waals surface area contributed by atoms with Gasteiger partial charge in [0.05, 0.1) is 9.82 Å². The molecule has 2 fully saturated rings. The molecule has 1 aliphatic heterocycles. The summed E-state index contributed by atoms with van der Waals surface area (Å²) in [5, 5.41) is 14.0. The lowest BCUT2D eigenvalue weighted by molar-refractivity contribution is -0.385. The number of hydrogen-bond donors (Lipinski definition) is 1. The largest absolute Gasteiger partial charge is 0.315 e. The number of nitrogens with zero attached hydrogens (tertiary/aromatic N) is 2. The molecular weight excluding hydrogens is 330 g/mol. The highest BCUT2D eigenvalue weighted by Gasteiger charge is 2.43. The summed E-state index contributed by atoms with van der Waals surface area (Å²) in [7, 11) is -3.69. The van der Waals surface area contributed by atoms with Gasteiger partial charge in [-0.05, 0) is 31.9 Å². The maximum atomic E-state index is 12.9. The Balaban J connectivity index is 0.00000176. The number of rotatable bonds is 5. The molecule has 1 atom stereocenters. The third kappa shape index (κ3) is 3.24. The van der Waals surface area contributed by atoms with Crippen molar-refractivity contribution in [1.82, 2.24) is 9.62 Å². The monoisotopic (exact) mass is 347 g/mol. The van der Waals surface area contributed by atoms with Crippen molar-refractivity contribution in [3.63, 3.8) is 0 Å². The number of non-ortho nitro benzene ring substituents is 1. The van der Waals surface area contributed by atoms with Gasteiger partial charge in [-0.2, -0.15) is 4.31 Å². The number of nitrogens with one attached hydrogen (secondary N) is 1. The molecule has 1 saturated heterocycles. The molecule has 122 valence electrons. The zero-order valence-corrected chi connectivity index (χ0v) is 13.5. The highest BCUT2D eigenvalue weighted by atomic mass is 35.5. The molecule has 1 saturated carbocycles. The third-order valence-corrected chi connectivity index (χ3v) is 5.91. The first kappa shape index (κ1) is 17.1. The topological polar surface area (TPSA) is 92.5 Å². The van der Waals surface area contributed by atoms with Gasteiger partial charge in [0, 0.05) is 30.8 Å². The summed E-state index contributed by atoms with van der Waals surface area (Å²) < 4.78 is 27.3. The molecule has 1 heterocycles. The van der Waals surface area contributed by atoms with E-state index in [1.807, 2.05) is 0 Å². The van der Waals surface area contributed by atoms with Crippen LogP contribution in [-0.4, -0.2) is 42.8 Å². The van der Waals surface area contributed by atoms with Crippen LogP contribution >= 0.6 is 12.4 Å². The fraction of sp³-hybridized carbons (Fsp3) is 0.538. The average Bonchev–Trinajstić information content (AvgIpc) is 3.13. The van der Waals surface area contributed by atoms with Crippen LogP contribution in [0.25, 0.3) is 0 Å². The van der Waals surface area contributed by atoms with Crippen LogP contribution in [-0.2, 0) is 10.0 Å². The first-order chi connectivity index (χ1) is 10.00. The Kier molecular flexibility index (Phi) is 5.06. The second-order valence-corrected chi connectivity index (χ2v) is 7.31. The molecule has 0 aromatic heterocycles. The lowest BCUT2D eigenvalue weighted by atomic mass is 10.2. The molecular formula is C13H18ClN3O4S. The Morgan fingerprint density at radius 2 is 1.95 bits per heavy atom. The van der Waals surface area contributed by atoms with Crippen LogP contribution in [0.3, 0.4) is 0 Å². The van der Waals surface area contributed by atoms with Crippen LogP contribution < -0.4 is 5.32 Å². The standard InChI is InChI=1S/C13H17N3O4S.ClH/c17-16(18)11-2-1-3-13(8-11)21(19,20)15(10-4-5-10)12-6-7-14-9-12;/h1-3,8,10,12,14H,4-7,9H2;1H. The molecule has 0 spiro atoms. The van der Waals surface area contributed by atoms with E-state index in [0.717, 1.165) is 31.9 Å². The van der Waals surface area contributed by atoms with Crippen LogP contribution in [0.2, 0.25) is 0 Å². The highest BCUT2D eigenvalue weighted by molar-refractivity contribution is 7.89. The predicted octanol–water partition coefficient (Wildman–Crippen LogP) is 1.53. The molecule has 1 aliphatic carbocycles. The SMILES string of the molecule is Cl.O=[N+]([O-])c1cccc(S(=O)(=O)N(C2CC2)C2CCNC2)c1. The average molecular weight is 348 g/mol. The van der Waals surface area contributed by atoms with E-state index in [1.165, 1.54) is 18.2 Å². The maximum Gasteiger partial charge on any atom is 0.270 e. The van der Waals surface area contributed by atoms with E-state index >= 15 is 0 Å². The zero-order chi connectivity index (χ0) is 15.0. The summed E-state index contributed by atoms with van der Waals surface area (Å²) in [5.41, 5.74) is -0.198. The number of nitro groups is 1. The van der Waals surface area contributed by atoms with Crippen molar-refractivity contribution in [3.05, 3.63) is 34.4 Å². The van der Waals surface area contributed by atoms with Crippen molar-refractivity contribution in [2.24, 2.45) is 0 Å². The van der Waals surface area contributed by atoms with E-state index in [-0.39, 0.29) is 35.1 Å². The van der Waals surface area contributed by atoms with Gasteiger partial charge in [0.1, 0.15) is 0 Å². The van der Waals surface area contributed by atoms with Crippen molar-refractivity contribution < 1.29 is 13.3 Å². The minimum atomic E-state index is -3.69. The van der Waals surface area contributed by atoms with Crippen LogP contribution in [0, 0.1) is 10.1 Å². The number of benzene rings is 1. The van der Waals surface area contributed by atoms with E-state index in [0.29, 0.717) is 6.54 Å². The fourth-order valence-corrected chi connectivity index (χ4v) is 4.69. The van der Waals surface area contributed by atoms with Crippen molar-refractivity contribution in [1.29, 1.82) is 0 Å². The fourth-order valence-electron chi connectivity index (χ4n) is 2.76. The van der Waals surface area contributed by atoms with Crippen molar-refractivity contribution in [2.45, 2.75) is 36.2 Å². The molecule has 7 nitrogen and oxygen atoms in total. The molecule has 1 aromatic rings. The molecule has 3 rings (SSSR count). The van der Waals surface area contributed by atoms with Gasteiger partial charge in [0.2, 0.25) is 10.0 Å². The summed E-state index contributed by atoms with van der Waals surface area (Å²) in [4.78, 5) is 10.3. The molecule has 0 amide bonds. The van der Waals surface area contributed by atoms with Gasteiger partial charge in [-0.15, -0.1) is 12.4 Å². The van der Waals surface area contributed by atoms with Gasteiger partial charge < -0.3 is 5.32 Å². The van der Waals surface area contributed by atoms with E-state index in [2.05, 4.69) is 5.32 Å². The van der Waals surface area contributed by atoms with Gasteiger partial charge in [-0.3, -0.25) is 10.1 Å². The first-order valence-electron chi connectivity index (χ1n) is 6.99. The number of nitro benzene ring substituents is 1. The van der Waals surface area contributed by atoms with Gasteiger partial charge >= 0.3 is 0 Å².